The number of rotatable bonds is 5. The molecule has 1 N–H and O–H groups in total. The Labute approximate surface area is 179 Å². The minimum atomic E-state index is 0.293. The van der Waals surface area contributed by atoms with E-state index >= 15 is 0 Å². The van der Waals surface area contributed by atoms with Crippen LogP contribution in [-0.2, 0) is 14.1 Å². The van der Waals surface area contributed by atoms with Crippen LogP contribution in [0, 0.1) is 6.92 Å². The third kappa shape index (κ3) is 3.16. The minimum absolute atomic E-state index is 0.293. The summed E-state index contributed by atoms with van der Waals surface area (Å²) in [5.41, 5.74) is 3.82. The lowest BCUT2D eigenvalue weighted by molar-refractivity contribution is 0.534. The fourth-order valence-electron chi connectivity index (χ4n) is 3.61. The lowest BCUT2D eigenvalue weighted by Crippen LogP contribution is -2.08. The maximum Gasteiger partial charge on any atom is 0.218 e. The largest absolute Gasteiger partial charge is 0.331 e. The van der Waals surface area contributed by atoms with Crippen molar-refractivity contribution in [1.82, 2.24) is 43.5 Å². The van der Waals surface area contributed by atoms with Crippen LogP contribution in [0.5, 0.6) is 0 Å². The molecule has 10 heteroatoms. The lowest BCUT2D eigenvalue weighted by atomic mass is 10.1. The summed E-state index contributed by atoms with van der Waals surface area (Å²) < 4.78 is 7.60. The molecule has 5 aromatic heterocycles. The van der Waals surface area contributed by atoms with Crippen LogP contribution in [0.15, 0.2) is 43.2 Å². The van der Waals surface area contributed by atoms with Gasteiger partial charge in [0.2, 0.25) is 11.8 Å². The van der Waals surface area contributed by atoms with Crippen LogP contribution < -0.4 is 5.32 Å². The zero-order valence-electron chi connectivity index (χ0n) is 18.1. The molecule has 0 aromatic carbocycles. The average molecular weight is 416 g/mol. The van der Waals surface area contributed by atoms with Crippen LogP contribution in [0.1, 0.15) is 25.5 Å². The van der Waals surface area contributed by atoms with Crippen LogP contribution in [0.25, 0.3) is 28.4 Å². The Bertz CT molecular complexity index is 1380. The zero-order chi connectivity index (χ0) is 21.7. The molecular weight excluding hydrogens is 392 g/mol. The van der Waals surface area contributed by atoms with E-state index in [0.29, 0.717) is 29.5 Å². The number of hydrogen-bond acceptors (Lipinski definition) is 6. The molecule has 0 amide bonds. The second-order valence-electron chi connectivity index (χ2n) is 7.87. The molecule has 0 radical (unpaired) electrons. The van der Waals surface area contributed by atoms with Gasteiger partial charge in [-0.1, -0.05) is 0 Å². The molecule has 5 heterocycles. The fraction of sp³-hybridized carbons (Fsp3) is 0.286. The highest BCUT2D eigenvalue weighted by Gasteiger charge is 2.20. The highest BCUT2D eigenvalue weighted by atomic mass is 15.3. The van der Waals surface area contributed by atoms with E-state index < -0.39 is 0 Å². The molecule has 0 aliphatic rings. The monoisotopic (exact) mass is 416 g/mol. The predicted molar refractivity (Wildman–Crippen MR) is 118 cm³/mol. The molecule has 0 unspecified atom stereocenters. The number of fused-ring (bicyclic) bond motifs is 1. The van der Waals surface area contributed by atoms with Gasteiger partial charge in [-0.15, -0.1) is 5.10 Å². The fourth-order valence-corrected chi connectivity index (χ4v) is 3.61. The third-order valence-electron chi connectivity index (χ3n) is 5.37. The smallest absolute Gasteiger partial charge is 0.218 e. The van der Waals surface area contributed by atoms with Crippen molar-refractivity contribution in [3.05, 3.63) is 48.8 Å². The van der Waals surface area contributed by atoms with Crippen molar-refractivity contribution < 1.29 is 0 Å². The first kappa shape index (κ1) is 19.0. The van der Waals surface area contributed by atoms with Gasteiger partial charge in [0.25, 0.3) is 0 Å². The van der Waals surface area contributed by atoms with Crippen molar-refractivity contribution in [2.45, 2.75) is 26.8 Å². The van der Waals surface area contributed by atoms with Crippen molar-refractivity contribution in [3.8, 4) is 22.9 Å². The van der Waals surface area contributed by atoms with Gasteiger partial charge in [0.15, 0.2) is 11.6 Å². The molecule has 0 saturated carbocycles. The first-order valence-corrected chi connectivity index (χ1v) is 10.1. The molecule has 5 rings (SSSR count). The molecule has 5 aromatic rings. The van der Waals surface area contributed by atoms with Gasteiger partial charge >= 0.3 is 0 Å². The molecule has 0 bridgehead atoms. The Hall–Kier alpha value is -3.95. The van der Waals surface area contributed by atoms with Crippen LogP contribution in [0.3, 0.4) is 0 Å². The molecule has 0 fully saturated rings. The van der Waals surface area contributed by atoms with Crippen molar-refractivity contribution in [1.29, 1.82) is 0 Å². The third-order valence-corrected chi connectivity index (χ3v) is 5.37. The number of aryl methyl sites for hydroxylation is 3. The zero-order valence-corrected chi connectivity index (χ0v) is 18.1. The van der Waals surface area contributed by atoms with E-state index in [1.165, 1.54) is 0 Å². The summed E-state index contributed by atoms with van der Waals surface area (Å²) >= 11 is 0. The number of anilines is 2. The quantitative estimate of drug-likeness (QED) is 0.472. The van der Waals surface area contributed by atoms with Gasteiger partial charge in [0, 0.05) is 62.9 Å². The molecule has 31 heavy (non-hydrogen) atoms. The minimum Gasteiger partial charge on any atom is -0.331 e. The summed E-state index contributed by atoms with van der Waals surface area (Å²) in [5.74, 6) is 2.56. The summed E-state index contributed by atoms with van der Waals surface area (Å²) in [7, 11) is 3.86. The second kappa shape index (κ2) is 7.08. The molecule has 0 saturated heterocycles. The Morgan fingerprint density at radius 1 is 0.968 bits per heavy atom. The Morgan fingerprint density at radius 2 is 1.74 bits per heavy atom. The van der Waals surface area contributed by atoms with Crippen LogP contribution in [0.4, 0.5) is 11.8 Å². The Kier molecular flexibility index (Phi) is 4.35. The molecule has 158 valence electrons. The topological polar surface area (TPSA) is 95.7 Å². The lowest BCUT2D eigenvalue weighted by Gasteiger charge is -2.10. The Balaban J connectivity index is 1.72. The van der Waals surface area contributed by atoms with Crippen LogP contribution in [0.2, 0.25) is 0 Å². The molecule has 10 nitrogen and oxygen atoms in total. The van der Waals surface area contributed by atoms with Crippen molar-refractivity contribution in [2.24, 2.45) is 14.1 Å². The molecular formula is C21H24N10. The summed E-state index contributed by atoms with van der Waals surface area (Å²) in [6.07, 6.45) is 11.2. The number of nitrogens with zero attached hydrogens (tertiary/aromatic N) is 9. The standard InChI is InChI=1S/C21H24N10/c1-13(2)30-9-6-16(26-30)15-12-31-17(14(15)3)18(25-21-23-8-11-29(21)5)24-19(27-31)20-22-7-10-28(20)4/h6-13H,1-5H3,(H,23,24,25,27). The van der Waals surface area contributed by atoms with E-state index in [2.05, 4.69) is 36.1 Å². The summed E-state index contributed by atoms with van der Waals surface area (Å²) in [6, 6.07) is 2.32. The van der Waals surface area contributed by atoms with Gasteiger partial charge < -0.3 is 14.5 Å². The van der Waals surface area contributed by atoms with Gasteiger partial charge in [0.1, 0.15) is 5.52 Å². The highest BCUT2D eigenvalue weighted by molar-refractivity contribution is 5.83. The number of imidazole rings is 2. The van der Waals surface area contributed by atoms with Crippen LogP contribution in [-0.4, -0.2) is 43.5 Å². The molecule has 0 aliphatic heterocycles. The van der Waals surface area contributed by atoms with Crippen LogP contribution >= 0.6 is 0 Å². The maximum absolute atomic E-state index is 4.82. The van der Waals surface area contributed by atoms with E-state index in [0.717, 1.165) is 22.3 Å². The van der Waals surface area contributed by atoms with Gasteiger partial charge in [0.05, 0.1) is 5.69 Å². The first-order valence-electron chi connectivity index (χ1n) is 10.1. The molecule has 0 atom stereocenters. The molecule has 0 spiro atoms. The summed E-state index contributed by atoms with van der Waals surface area (Å²) in [4.78, 5) is 13.6. The second-order valence-corrected chi connectivity index (χ2v) is 7.87. The van der Waals surface area contributed by atoms with Crippen molar-refractivity contribution in [2.75, 3.05) is 5.32 Å². The maximum atomic E-state index is 4.82. The van der Waals surface area contributed by atoms with Gasteiger partial charge in [-0.2, -0.15) is 5.10 Å². The van der Waals surface area contributed by atoms with Gasteiger partial charge in [-0.25, -0.2) is 19.5 Å². The van der Waals surface area contributed by atoms with Crippen molar-refractivity contribution >= 4 is 17.3 Å². The Morgan fingerprint density at radius 3 is 2.39 bits per heavy atom. The molecule has 0 aliphatic carbocycles. The van der Waals surface area contributed by atoms with Gasteiger partial charge in [-0.3, -0.25) is 4.68 Å². The average Bonchev–Trinajstić information content (AvgIpc) is 3.50. The normalized spacial score (nSPS) is 11.7. The van der Waals surface area contributed by atoms with E-state index in [1.807, 2.05) is 63.3 Å². The predicted octanol–water partition coefficient (Wildman–Crippen LogP) is 3.36. The first-order chi connectivity index (χ1) is 14.9. The van der Waals surface area contributed by atoms with Gasteiger partial charge in [-0.05, 0) is 32.4 Å². The SMILES string of the molecule is Cc1c(-c2ccn(C(C)C)n2)cn2nc(-c3nccn3C)nc(Nc3nccn3C)c12. The summed E-state index contributed by atoms with van der Waals surface area (Å²) in [5, 5.41) is 12.9. The van der Waals surface area contributed by atoms with E-state index in [4.69, 9.17) is 15.2 Å². The summed E-state index contributed by atoms with van der Waals surface area (Å²) in [6.45, 7) is 6.28. The highest BCUT2D eigenvalue weighted by Crippen LogP contribution is 2.32. The van der Waals surface area contributed by atoms with Crippen molar-refractivity contribution in [3.63, 3.8) is 0 Å². The number of aromatic nitrogens is 9. The van der Waals surface area contributed by atoms with E-state index in [9.17, 15) is 0 Å². The van der Waals surface area contributed by atoms with E-state index in [1.54, 1.807) is 12.4 Å². The number of nitrogens with one attached hydrogen (secondary N) is 1. The number of hydrogen-bond donors (Lipinski definition) is 1. The van der Waals surface area contributed by atoms with E-state index in [-0.39, 0.29) is 0 Å².